The molecule has 0 aromatic rings. The number of hydrogen-bond acceptors (Lipinski definition) is 5. The van der Waals surface area contributed by atoms with Crippen molar-refractivity contribution in [2.45, 2.75) is 32.1 Å². The summed E-state index contributed by atoms with van der Waals surface area (Å²) >= 11 is 1.26. The molecule has 25 heavy (non-hydrogen) atoms. The SMILES string of the molecule is CSC1=C(C(=O)O)C(C)=CC(N2CCOCC2)N1CCCC(F)(F)F. The van der Waals surface area contributed by atoms with Crippen LogP contribution in [0.2, 0.25) is 0 Å². The van der Waals surface area contributed by atoms with Gasteiger partial charge in [0.15, 0.2) is 0 Å². The van der Waals surface area contributed by atoms with Crippen molar-refractivity contribution in [2.24, 2.45) is 0 Å². The summed E-state index contributed by atoms with van der Waals surface area (Å²) in [5.74, 6) is -1.06. The van der Waals surface area contributed by atoms with Crippen LogP contribution in [0.15, 0.2) is 22.3 Å². The molecular formula is C16H23F3N2O3S. The Morgan fingerprint density at radius 1 is 1.40 bits per heavy atom. The monoisotopic (exact) mass is 380 g/mol. The van der Waals surface area contributed by atoms with E-state index in [0.717, 1.165) is 0 Å². The molecular weight excluding hydrogens is 357 g/mol. The minimum absolute atomic E-state index is 0.0752. The van der Waals surface area contributed by atoms with E-state index in [4.69, 9.17) is 4.74 Å². The van der Waals surface area contributed by atoms with Crippen LogP contribution < -0.4 is 0 Å². The van der Waals surface area contributed by atoms with E-state index in [0.29, 0.717) is 36.9 Å². The lowest BCUT2D eigenvalue weighted by Gasteiger charge is -2.44. The molecule has 5 nitrogen and oxygen atoms in total. The van der Waals surface area contributed by atoms with Crippen molar-refractivity contribution in [3.8, 4) is 0 Å². The van der Waals surface area contributed by atoms with Gasteiger partial charge in [-0.2, -0.15) is 13.2 Å². The summed E-state index contributed by atoms with van der Waals surface area (Å²) in [6.45, 7) is 4.33. The van der Waals surface area contributed by atoms with Gasteiger partial charge in [0.1, 0.15) is 6.17 Å². The quantitative estimate of drug-likeness (QED) is 0.765. The Bertz CT molecular complexity index is 557. The summed E-state index contributed by atoms with van der Waals surface area (Å²) in [5.41, 5.74) is 0.810. The van der Waals surface area contributed by atoms with Gasteiger partial charge in [-0.1, -0.05) is 0 Å². The summed E-state index contributed by atoms with van der Waals surface area (Å²) in [4.78, 5) is 15.6. The molecule has 2 rings (SSSR count). The highest BCUT2D eigenvalue weighted by Crippen LogP contribution is 2.35. The van der Waals surface area contributed by atoms with Crippen LogP contribution in [0.25, 0.3) is 0 Å². The summed E-state index contributed by atoms with van der Waals surface area (Å²) < 4.78 is 43.0. The number of ether oxygens (including phenoxy) is 1. The van der Waals surface area contributed by atoms with Crippen LogP contribution in [0.4, 0.5) is 13.2 Å². The molecule has 1 unspecified atom stereocenters. The van der Waals surface area contributed by atoms with Crippen LogP contribution in [0.3, 0.4) is 0 Å². The molecule has 142 valence electrons. The largest absolute Gasteiger partial charge is 0.478 e. The van der Waals surface area contributed by atoms with E-state index in [-0.39, 0.29) is 24.7 Å². The Morgan fingerprint density at radius 2 is 2.04 bits per heavy atom. The molecule has 0 aromatic carbocycles. The third-order valence-electron chi connectivity index (χ3n) is 4.27. The maximum absolute atomic E-state index is 12.5. The van der Waals surface area contributed by atoms with E-state index >= 15 is 0 Å². The molecule has 0 aromatic heterocycles. The Labute approximate surface area is 149 Å². The number of morpholine rings is 1. The zero-order chi connectivity index (χ0) is 18.6. The number of nitrogens with zero attached hydrogens (tertiary/aromatic N) is 2. The van der Waals surface area contributed by atoms with Crippen LogP contribution in [0.1, 0.15) is 19.8 Å². The first kappa shape index (κ1) is 20.1. The van der Waals surface area contributed by atoms with Gasteiger partial charge in [0.05, 0.1) is 23.8 Å². The molecule has 1 fully saturated rings. The molecule has 0 bridgehead atoms. The van der Waals surface area contributed by atoms with E-state index in [1.807, 2.05) is 6.08 Å². The zero-order valence-corrected chi connectivity index (χ0v) is 15.1. The highest BCUT2D eigenvalue weighted by molar-refractivity contribution is 8.02. The van der Waals surface area contributed by atoms with Crippen molar-refractivity contribution in [1.82, 2.24) is 9.80 Å². The first-order valence-electron chi connectivity index (χ1n) is 8.10. The average molecular weight is 380 g/mol. The number of aliphatic carboxylic acids is 1. The molecule has 0 amide bonds. The standard InChI is InChI=1S/C16H23F3N2O3S/c1-11-10-12(20-6-8-24-9-7-20)21(5-3-4-16(17,18)19)14(25-2)13(11)15(22)23/h10,12H,3-9H2,1-2H3,(H,22,23). The van der Waals surface area contributed by atoms with Gasteiger partial charge in [-0.25, -0.2) is 4.79 Å². The van der Waals surface area contributed by atoms with Crippen molar-refractivity contribution in [1.29, 1.82) is 0 Å². The fourth-order valence-corrected chi connectivity index (χ4v) is 4.02. The predicted molar refractivity (Wildman–Crippen MR) is 90.1 cm³/mol. The molecule has 0 saturated carbocycles. The van der Waals surface area contributed by atoms with Gasteiger partial charge in [-0.15, -0.1) is 11.8 Å². The van der Waals surface area contributed by atoms with Crippen LogP contribution in [0, 0.1) is 0 Å². The summed E-state index contributed by atoms with van der Waals surface area (Å²) in [6, 6.07) is 0. The van der Waals surface area contributed by atoms with Crippen molar-refractivity contribution in [2.75, 3.05) is 39.1 Å². The lowest BCUT2D eigenvalue weighted by molar-refractivity contribution is -0.137. The normalized spacial score (nSPS) is 23.0. The number of rotatable bonds is 6. The van der Waals surface area contributed by atoms with Crippen molar-refractivity contribution >= 4 is 17.7 Å². The highest BCUT2D eigenvalue weighted by Gasteiger charge is 2.35. The van der Waals surface area contributed by atoms with E-state index in [1.54, 1.807) is 18.1 Å². The highest BCUT2D eigenvalue weighted by atomic mass is 32.2. The molecule has 2 aliphatic rings. The lowest BCUT2D eigenvalue weighted by Crippen LogP contribution is -2.52. The third-order valence-corrected chi connectivity index (χ3v) is 5.10. The minimum atomic E-state index is -4.21. The van der Waals surface area contributed by atoms with Crippen LogP contribution >= 0.6 is 11.8 Å². The molecule has 9 heteroatoms. The van der Waals surface area contributed by atoms with Gasteiger partial charge >= 0.3 is 12.1 Å². The molecule has 1 N–H and O–H groups in total. The van der Waals surface area contributed by atoms with Gasteiger partial charge in [0.2, 0.25) is 0 Å². The molecule has 1 atom stereocenters. The topological polar surface area (TPSA) is 53.0 Å². The first-order chi connectivity index (χ1) is 11.7. The van der Waals surface area contributed by atoms with E-state index in [2.05, 4.69) is 4.90 Å². The minimum Gasteiger partial charge on any atom is -0.478 e. The third kappa shape index (κ3) is 5.15. The van der Waals surface area contributed by atoms with Gasteiger partial charge in [0, 0.05) is 26.1 Å². The first-order valence-corrected chi connectivity index (χ1v) is 9.32. The fourth-order valence-electron chi connectivity index (χ4n) is 3.14. The Morgan fingerprint density at radius 3 is 2.56 bits per heavy atom. The molecule has 1 saturated heterocycles. The van der Waals surface area contributed by atoms with Crippen molar-refractivity contribution in [3.05, 3.63) is 22.3 Å². The maximum Gasteiger partial charge on any atom is 0.389 e. The van der Waals surface area contributed by atoms with Gasteiger partial charge in [-0.05, 0) is 31.2 Å². The van der Waals surface area contributed by atoms with E-state index < -0.39 is 18.6 Å². The summed E-state index contributed by atoms with van der Waals surface area (Å²) in [5, 5.41) is 10.0. The molecule has 2 aliphatic heterocycles. The molecule has 0 radical (unpaired) electrons. The van der Waals surface area contributed by atoms with Crippen LogP contribution in [-0.4, -0.2) is 72.3 Å². The van der Waals surface area contributed by atoms with Crippen LogP contribution in [-0.2, 0) is 9.53 Å². The maximum atomic E-state index is 12.5. The molecule has 2 heterocycles. The second kappa shape index (κ2) is 8.46. The van der Waals surface area contributed by atoms with Gasteiger partial charge < -0.3 is 14.7 Å². The predicted octanol–water partition coefficient (Wildman–Crippen LogP) is 2.91. The molecule has 0 aliphatic carbocycles. The molecule has 0 spiro atoms. The van der Waals surface area contributed by atoms with E-state index in [9.17, 15) is 23.1 Å². The second-order valence-electron chi connectivity index (χ2n) is 6.01. The van der Waals surface area contributed by atoms with Gasteiger partial charge in [0.25, 0.3) is 0 Å². The van der Waals surface area contributed by atoms with Crippen LogP contribution in [0.5, 0.6) is 0 Å². The Kier molecular flexibility index (Phi) is 6.81. The number of carboxylic acids is 1. The summed E-state index contributed by atoms with van der Waals surface area (Å²) in [6.07, 6.45) is -1.83. The van der Waals surface area contributed by atoms with Crippen molar-refractivity contribution < 1.29 is 27.8 Å². The van der Waals surface area contributed by atoms with Gasteiger partial charge in [-0.3, -0.25) is 4.90 Å². The second-order valence-corrected chi connectivity index (χ2v) is 6.81. The summed E-state index contributed by atoms with van der Waals surface area (Å²) in [7, 11) is 0. The number of halogens is 3. The Hall–Kier alpha value is -1.19. The fraction of sp³-hybridized carbons (Fsp3) is 0.688. The number of hydrogen-bond donors (Lipinski definition) is 1. The van der Waals surface area contributed by atoms with E-state index in [1.165, 1.54) is 11.8 Å². The zero-order valence-electron chi connectivity index (χ0n) is 14.3. The lowest BCUT2D eigenvalue weighted by atomic mass is 10.0. The number of thioether (sulfide) groups is 1. The number of carbonyl (C=O) groups is 1. The smallest absolute Gasteiger partial charge is 0.389 e. The van der Waals surface area contributed by atoms with Crippen molar-refractivity contribution in [3.63, 3.8) is 0 Å². The average Bonchev–Trinajstić information content (AvgIpc) is 2.54. The number of carboxylic acid groups (broad SMARTS) is 1. The Balaban J connectivity index is 2.28. The number of alkyl halides is 3.